The van der Waals surface area contributed by atoms with Gasteiger partial charge in [-0.15, -0.1) is 0 Å². The number of nitrogens with zero attached hydrogens (tertiary/aromatic N) is 1. The third kappa shape index (κ3) is 5.69. The Hall–Kier alpha value is -0.140. The van der Waals surface area contributed by atoms with Crippen LogP contribution in [0.5, 0.6) is 0 Å². The van der Waals surface area contributed by atoms with Crippen LogP contribution in [0.2, 0.25) is 0 Å². The number of carbonyl (C=O) groups excluding carboxylic acids is 1. The Labute approximate surface area is 147 Å². The van der Waals surface area contributed by atoms with Gasteiger partial charge in [-0.25, -0.2) is 0 Å². The molecular weight excluding hydrogens is 431 g/mol. The van der Waals surface area contributed by atoms with Crippen LogP contribution in [-0.2, 0) is 4.79 Å². The van der Waals surface area contributed by atoms with E-state index in [4.69, 9.17) is 0 Å². The molecule has 1 rings (SSSR count). The first-order chi connectivity index (χ1) is 9.06. The van der Waals surface area contributed by atoms with Gasteiger partial charge in [0.1, 0.15) is 0 Å². The number of benzene rings is 1. The number of hydrogen-bond acceptors (Lipinski definition) is 1. The monoisotopic (exact) mass is 454 g/mol. The first kappa shape index (κ1) is 19.9. The van der Waals surface area contributed by atoms with E-state index in [0.717, 1.165) is 40.8 Å². The second-order valence-corrected chi connectivity index (χ2v) is 5.65. The summed E-state index contributed by atoms with van der Waals surface area (Å²) >= 11 is 3.44. The molecule has 1 aromatic rings. The Balaban J connectivity index is 0.00000361. The maximum atomic E-state index is 12.0. The number of rotatable bonds is 7. The molecule has 3 nitrogen and oxygen atoms in total. The van der Waals surface area contributed by atoms with Crippen molar-refractivity contribution >= 4 is 27.5 Å². The molecule has 0 saturated carbocycles. The van der Waals surface area contributed by atoms with Crippen molar-refractivity contribution in [3.05, 3.63) is 28.7 Å². The average molecular weight is 455 g/mol. The Bertz CT molecular complexity index is 414. The van der Waals surface area contributed by atoms with Crippen LogP contribution in [0.3, 0.4) is 0 Å². The van der Waals surface area contributed by atoms with E-state index >= 15 is 0 Å². The molecule has 1 amide bonds. The van der Waals surface area contributed by atoms with Crippen molar-refractivity contribution in [2.24, 2.45) is 0 Å². The summed E-state index contributed by atoms with van der Waals surface area (Å²) in [4.78, 5) is 12.0. The molecule has 0 radical (unpaired) electrons. The van der Waals surface area contributed by atoms with E-state index in [2.05, 4.69) is 42.0 Å². The summed E-state index contributed by atoms with van der Waals surface area (Å²) in [7, 11) is 0. The highest BCUT2D eigenvalue weighted by atomic mass is 127. The predicted octanol–water partition coefficient (Wildman–Crippen LogP) is 0.658. The Morgan fingerprint density at radius 1 is 1.15 bits per heavy atom. The maximum absolute atomic E-state index is 12.0. The summed E-state index contributed by atoms with van der Waals surface area (Å²) in [5, 5.41) is 2.96. The molecule has 0 spiro atoms. The molecule has 0 bridgehead atoms. The highest BCUT2D eigenvalue weighted by Crippen LogP contribution is 2.21. The molecule has 0 unspecified atom stereocenters. The van der Waals surface area contributed by atoms with Crippen molar-refractivity contribution in [3.63, 3.8) is 0 Å². The van der Waals surface area contributed by atoms with Crippen molar-refractivity contribution < 1.29 is 33.3 Å². The van der Waals surface area contributed by atoms with E-state index in [1.165, 1.54) is 0 Å². The van der Waals surface area contributed by atoms with Gasteiger partial charge in [0.15, 0.2) is 0 Å². The fourth-order valence-electron chi connectivity index (χ4n) is 2.26. The van der Waals surface area contributed by atoms with Gasteiger partial charge in [0.25, 0.3) is 0 Å². The normalized spacial score (nSPS) is 10.8. The van der Waals surface area contributed by atoms with E-state index in [1.54, 1.807) is 0 Å². The van der Waals surface area contributed by atoms with Gasteiger partial charge in [0.2, 0.25) is 5.91 Å². The standard InChI is InChI=1S/C15H23BrN2O.HI/c1-4-18(5-2,6-3)12-11-15(19)17-14-10-8-7-9-13(14)16;/h7-10H,4-6,11-12H2,1-3H3;1H. The lowest BCUT2D eigenvalue weighted by atomic mass is 10.2. The summed E-state index contributed by atoms with van der Waals surface area (Å²) in [6, 6.07) is 7.70. The number of para-hydroxylation sites is 1. The molecule has 1 aromatic carbocycles. The van der Waals surface area contributed by atoms with E-state index < -0.39 is 0 Å². The third-order valence-corrected chi connectivity index (χ3v) is 4.67. The molecule has 20 heavy (non-hydrogen) atoms. The molecule has 5 heteroatoms. The molecule has 0 saturated heterocycles. The van der Waals surface area contributed by atoms with E-state index in [-0.39, 0.29) is 29.9 Å². The molecule has 0 heterocycles. The lowest BCUT2D eigenvalue weighted by Gasteiger charge is -2.35. The smallest absolute Gasteiger partial charge is 0.230 e. The molecule has 1 N–H and O–H groups in total. The Morgan fingerprint density at radius 2 is 1.70 bits per heavy atom. The SMILES string of the molecule is CC[N+](CC)(CC)CCC(=O)Nc1ccccc1Br.[I-]. The minimum Gasteiger partial charge on any atom is -1.00 e. The lowest BCUT2D eigenvalue weighted by molar-refractivity contribution is -0.922. The fraction of sp³-hybridized carbons (Fsp3) is 0.533. The molecular formula is C15H24BrIN2O. The summed E-state index contributed by atoms with van der Waals surface area (Å²) < 4.78 is 1.93. The summed E-state index contributed by atoms with van der Waals surface area (Å²) in [5.74, 6) is 0.0877. The second-order valence-electron chi connectivity index (χ2n) is 4.79. The van der Waals surface area contributed by atoms with Crippen molar-refractivity contribution in [2.75, 3.05) is 31.5 Å². The summed E-state index contributed by atoms with van der Waals surface area (Å²) in [6.07, 6.45) is 0.566. The minimum atomic E-state index is 0. The first-order valence-corrected chi connectivity index (χ1v) is 7.75. The van der Waals surface area contributed by atoms with Gasteiger partial charge < -0.3 is 33.8 Å². The van der Waals surface area contributed by atoms with Gasteiger partial charge in [-0.1, -0.05) is 12.1 Å². The predicted molar refractivity (Wildman–Crippen MR) is 84.1 cm³/mol. The summed E-state index contributed by atoms with van der Waals surface area (Å²) in [5.41, 5.74) is 0.843. The van der Waals surface area contributed by atoms with Crippen molar-refractivity contribution in [1.82, 2.24) is 0 Å². The highest BCUT2D eigenvalue weighted by molar-refractivity contribution is 9.10. The number of anilines is 1. The van der Waals surface area contributed by atoms with Crippen LogP contribution in [-0.4, -0.2) is 36.6 Å². The number of carbonyl (C=O) groups is 1. The van der Waals surface area contributed by atoms with Crippen LogP contribution >= 0.6 is 15.9 Å². The fourth-order valence-corrected chi connectivity index (χ4v) is 2.64. The largest absolute Gasteiger partial charge is 1.00 e. The van der Waals surface area contributed by atoms with E-state index in [9.17, 15) is 4.79 Å². The van der Waals surface area contributed by atoms with E-state index in [0.29, 0.717) is 6.42 Å². The quantitative estimate of drug-likeness (QED) is 0.476. The topological polar surface area (TPSA) is 29.1 Å². The molecule has 114 valence electrons. The van der Waals surface area contributed by atoms with Gasteiger partial charge in [-0.2, -0.15) is 0 Å². The van der Waals surface area contributed by atoms with Crippen LogP contribution < -0.4 is 29.3 Å². The number of quaternary nitrogens is 1. The number of halogens is 2. The Morgan fingerprint density at radius 3 is 2.20 bits per heavy atom. The van der Waals surface area contributed by atoms with Gasteiger partial charge in [0.05, 0.1) is 38.3 Å². The van der Waals surface area contributed by atoms with Gasteiger partial charge >= 0.3 is 0 Å². The Kier molecular flexibility index (Phi) is 9.67. The lowest BCUT2D eigenvalue weighted by Crippen LogP contribution is -3.00. The van der Waals surface area contributed by atoms with Gasteiger partial charge in [0, 0.05) is 4.47 Å². The van der Waals surface area contributed by atoms with Crippen LogP contribution in [0.15, 0.2) is 28.7 Å². The number of amides is 1. The van der Waals surface area contributed by atoms with Crippen molar-refractivity contribution in [2.45, 2.75) is 27.2 Å². The van der Waals surface area contributed by atoms with Crippen LogP contribution in [0.1, 0.15) is 27.2 Å². The van der Waals surface area contributed by atoms with Crippen LogP contribution in [0.25, 0.3) is 0 Å². The molecule has 0 aliphatic rings. The molecule has 0 fully saturated rings. The van der Waals surface area contributed by atoms with Crippen molar-refractivity contribution in [1.29, 1.82) is 0 Å². The van der Waals surface area contributed by atoms with Crippen LogP contribution in [0.4, 0.5) is 5.69 Å². The molecule has 0 aromatic heterocycles. The zero-order valence-corrected chi connectivity index (χ0v) is 16.2. The second kappa shape index (κ2) is 9.73. The zero-order chi connectivity index (χ0) is 14.3. The maximum Gasteiger partial charge on any atom is 0.230 e. The van der Waals surface area contributed by atoms with Crippen molar-refractivity contribution in [3.8, 4) is 0 Å². The zero-order valence-electron chi connectivity index (χ0n) is 12.5. The average Bonchev–Trinajstić information content (AvgIpc) is 2.44. The van der Waals surface area contributed by atoms with Crippen LogP contribution in [0, 0.1) is 0 Å². The van der Waals surface area contributed by atoms with Gasteiger partial charge in [-0.3, -0.25) is 4.79 Å². The molecule has 0 atom stereocenters. The molecule has 0 aliphatic heterocycles. The summed E-state index contributed by atoms with van der Waals surface area (Å²) in [6.45, 7) is 10.7. The number of nitrogens with one attached hydrogen (secondary N) is 1. The number of hydrogen-bond donors (Lipinski definition) is 1. The first-order valence-electron chi connectivity index (χ1n) is 6.96. The molecule has 0 aliphatic carbocycles. The van der Waals surface area contributed by atoms with E-state index in [1.807, 2.05) is 24.3 Å². The van der Waals surface area contributed by atoms with Gasteiger partial charge in [-0.05, 0) is 48.8 Å². The minimum absolute atomic E-state index is 0. The third-order valence-electron chi connectivity index (χ3n) is 3.97. The highest BCUT2D eigenvalue weighted by Gasteiger charge is 2.21.